The Labute approximate surface area is 128 Å². The van der Waals surface area contributed by atoms with Gasteiger partial charge in [0.05, 0.1) is 25.5 Å². The largest absolute Gasteiger partial charge is 0.493 e. The van der Waals surface area contributed by atoms with E-state index in [4.69, 9.17) is 19.3 Å². The third kappa shape index (κ3) is 3.48. The van der Waals surface area contributed by atoms with Crippen LogP contribution in [0.15, 0.2) is 12.1 Å². The van der Waals surface area contributed by atoms with Crippen molar-refractivity contribution in [3.8, 4) is 11.5 Å². The molecule has 1 saturated heterocycles. The summed E-state index contributed by atoms with van der Waals surface area (Å²) < 4.78 is 15.6. The Morgan fingerprint density at radius 1 is 1.23 bits per heavy atom. The Bertz CT molecular complexity index is 565. The van der Waals surface area contributed by atoms with Crippen molar-refractivity contribution in [2.45, 2.75) is 12.8 Å². The predicted octanol–water partition coefficient (Wildman–Crippen LogP) is 1.77. The molecule has 120 valence electrons. The molecule has 1 aromatic carbocycles. The molecule has 7 heteroatoms. The number of carbonyl (C=O) groups excluding carboxylic acids is 1. The van der Waals surface area contributed by atoms with Crippen LogP contribution in [0, 0.1) is 5.92 Å². The highest BCUT2D eigenvalue weighted by molar-refractivity contribution is 5.97. The quantitative estimate of drug-likeness (QED) is 0.861. The van der Waals surface area contributed by atoms with Crippen LogP contribution in [-0.2, 0) is 9.53 Å². The molecule has 1 aromatic rings. The van der Waals surface area contributed by atoms with Crippen molar-refractivity contribution in [3.63, 3.8) is 0 Å². The van der Waals surface area contributed by atoms with Gasteiger partial charge in [0.25, 0.3) is 0 Å². The van der Waals surface area contributed by atoms with Crippen LogP contribution in [0.1, 0.15) is 23.2 Å². The molecule has 1 fully saturated rings. The molecule has 2 rings (SSSR count). The van der Waals surface area contributed by atoms with Crippen LogP contribution in [0.4, 0.5) is 5.69 Å². The van der Waals surface area contributed by atoms with Gasteiger partial charge in [0, 0.05) is 19.1 Å². The number of methoxy groups -OCH3 is 2. The van der Waals surface area contributed by atoms with Crippen LogP contribution >= 0.6 is 0 Å². The van der Waals surface area contributed by atoms with Crippen molar-refractivity contribution >= 4 is 17.6 Å². The average molecular weight is 309 g/mol. The maximum absolute atomic E-state index is 12.3. The number of anilines is 1. The Morgan fingerprint density at radius 2 is 1.91 bits per heavy atom. The molecule has 1 aliphatic rings. The minimum absolute atomic E-state index is 0.0138. The first kappa shape index (κ1) is 16.1. The van der Waals surface area contributed by atoms with Crippen molar-refractivity contribution in [2.75, 3.05) is 32.8 Å². The molecule has 0 aromatic heterocycles. The highest BCUT2D eigenvalue weighted by atomic mass is 16.5. The predicted molar refractivity (Wildman–Crippen MR) is 78.7 cm³/mol. The highest BCUT2D eigenvalue weighted by Crippen LogP contribution is 2.37. The molecular formula is C15H19NO6. The van der Waals surface area contributed by atoms with Crippen LogP contribution in [0.25, 0.3) is 0 Å². The zero-order valence-electron chi connectivity index (χ0n) is 12.5. The molecule has 1 amide bonds. The Kier molecular flexibility index (Phi) is 5.21. The van der Waals surface area contributed by atoms with Crippen molar-refractivity contribution in [2.24, 2.45) is 5.92 Å². The second-order valence-corrected chi connectivity index (χ2v) is 4.94. The molecule has 2 N–H and O–H groups in total. The van der Waals surface area contributed by atoms with Gasteiger partial charge in [-0.2, -0.15) is 0 Å². The van der Waals surface area contributed by atoms with Crippen molar-refractivity contribution in [1.29, 1.82) is 0 Å². The van der Waals surface area contributed by atoms with Gasteiger partial charge in [-0.15, -0.1) is 0 Å². The van der Waals surface area contributed by atoms with Crippen molar-refractivity contribution in [3.05, 3.63) is 17.7 Å². The molecule has 0 aliphatic carbocycles. The van der Waals surface area contributed by atoms with Gasteiger partial charge in [0.15, 0.2) is 11.5 Å². The number of carboxylic acid groups (broad SMARTS) is 1. The van der Waals surface area contributed by atoms with Crippen LogP contribution < -0.4 is 14.8 Å². The van der Waals surface area contributed by atoms with Gasteiger partial charge >= 0.3 is 5.97 Å². The summed E-state index contributed by atoms with van der Waals surface area (Å²) in [6.45, 7) is 1.10. The SMILES string of the molecule is COc1cc(C(=O)O)cc(NC(=O)C2CCOCC2)c1OC. The second-order valence-electron chi connectivity index (χ2n) is 4.94. The number of ether oxygens (including phenoxy) is 3. The van der Waals surface area contributed by atoms with E-state index in [1.54, 1.807) is 0 Å². The number of amides is 1. The lowest BCUT2D eigenvalue weighted by Gasteiger charge is -2.22. The fourth-order valence-electron chi connectivity index (χ4n) is 2.38. The summed E-state index contributed by atoms with van der Waals surface area (Å²) in [7, 11) is 2.84. The number of carboxylic acids is 1. The van der Waals surface area contributed by atoms with Gasteiger partial charge in [-0.25, -0.2) is 4.79 Å². The lowest BCUT2D eigenvalue weighted by Crippen LogP contribution is -2.28. The first-order valence-corrected chi connectivity index (χ1v) is 6.94. The summed E-state index contributed by atoms with van der Waals surface area (Å²) in [6.07, 6.45) is 1.29. The van der Waals surface area contributed by atoms with E-state index in [-0.39, 0.29) is 28.8 Å². The van der Waals surface area contributed by atoms with Crippen LogP contribution in [-0.4, -0.2) is 44.4 Å². The van der Waals surface area contributed by atoms with E-state index < -0.39 is 5.97 Å². The fourth-order valence-corrected chi connectivity index (χ4v) is 2.38. The zero-order valence-corrected chi connectivity index (χ0v) is 12.5. The Hall–Kier alpha value is -2.28. The van der Waals surface area contributed by atoms with E-state index in [2.05, 4.69) is 5.32 Å². The van der Waals surface area contributed by atoms with Crippen LogP contribution in [0.3, 0.4) is 0 Å². The summed E-state index contributed by atoms with van der Waals surface area (Å²) in [6, 6.07) is 2.71. The van der Waals surface area contributed by atoms with Crippen LogP contribution in [0.2, 0.25) is 0 Å². The molecule has 0 bridgehead atoms. The summed E-state index contributed by atoms with van der Waals surface area (Å²) in [5, 5.41) is 11.9. The number of hydrogen-bond donors (Lipinski definition) is 2. The van der Waals surface area contributed by atoms with Crippen LogP contribution in [0.5, 0.6) is 11.5 Å². The molecule has 7 nitrogen and oxygen atoms in total. The van der Waals surface area contributed by atoms with Gasteiger partial charge in [0.2, 0.25) is 5.91 Å². The number of aromatic carboxylic acids is 1. The topological polar surface area (TPSA) is 94.1 Å². The van der Waals surface area contributed by atoms with Gasteiger partial charge in [-0.1, -0.05) is 0 Å². The first-order valence-electron chi connectivity index (χ1n) is 6.94. The van der Waals surface area contributed by atoms with E-state index in [1.165, 1.54) is 26.4 Å². The second kappa shape index (κ2) is 7.13. The number of carbonyl (C=O) groups is 2. The van der Waals surface area contributed by atoms with E-state index in [0.29, 0.717) is 31.8 Å². The summed E-state index contributed by atoms with van der Waals surface area (Å²) in [5.74, 6) is -0.885. The number of hydrogen-bond acceptors (Lipinski definition) is 5. The normalized spacial score (nSPS) is 15.2. The molecule has 0 atom stereocenters. The third-order valence-corrected chi connectivity index (χ3v) is 3.58. The van der Waals surface area contributed by atoms with E-state index in [1.807, 2.05) is 0 Å². The number of nitrogens with one attached hydrogen (secondary N) is 1. The molecule has 0 spiro atoms. The fraction of sp³-hybridized carbons (Fsp3) is 0.467. The van der Waals surface area contributed by atoms with Crippen molar-refractivity contribution < 1.29 is 28.9 Å². The average Bonchev–Trinajstić information content (AvgIpc) is 2.54. The lowest BCUT2D eigenvalue weighted by molar-refractivity contribution is -0.122. The molecule has 22 heavy (non-hydrogen) atoms. The molecule has 1 aliphatic heterocycles. The smallest absolute Gasteiger partial charge is 0.335 e. The monoisotopic (exact) mass is 309 g/mol. The third-order valence-electron chi connectivity index (χ3n) is 3.58. The Morgan fingerprint density at radius 3 is 2.45 bits per heavy atom. The lowest BCUT2D eigenvalue weighted by atomic mass is 9.99. The molecule has 0 saturated carbocycles. The maximum atomic E-state index is 12.3. The Balaban J connectivity index is 2.29. The van der Waals surface area contributed by atoms with Gasteiger partial charge < -0.3 is 24.6 Å². The molecule has 0 radical (unpaired) electrons. The number of benzene rings is 1. The minimum atomic E-state index is -1.11. The standard InChI is InChI=1S/C15H19NO6/c1-20-12-8-10(15(18)19)7-11(13(12)21-2)16-14(17)9-3-5-22-6-4-9/h7-9H,3-6H2,1-2H3,(H,16,17)(H,18,19). The van der Waals surface area contributed by atoms with E-state index >= 15 is 0 Å². The number of rotatable bonds is 5. The van der Waals surface area contributed by atoms with Crippen molar-refractivity contribution in [1.82, 2.24) is 0 Å². The van der Waals surface area contributed by atoms with Gasteiger partial charge in [0.1, 0.15) is 0 Å². The highest BCUT2D eigenvalue weighted by Gasteiger charge is 2.24. The minimum Gasteiger partial charge on any atom is -0.493 e. The first-order chi connectivity index (χ1) is 10.6. The van der Waals surface area contributed by atoms with E-state index in [0.717, 1.165) is 0 Å². The molecular weight excluding hydrogens is 290 g/mol. The summed E-state index contributed by atoms with van der Waals surface area (Å²) >= 11 is 0. The van der Waals surface area contributed by atoms with Gasteiger partial charge in [-0.05, 0) is 25.0 Å². The van der Waals surface area contributed by atoms with Gasteiger partial charge in [-0.3, -0.25) is 4.79 Å². The molecule has 1 heterocycles. The zero-order chi connectivity index (χ0) is 16.1. The maximum Gasteiger partial charge on any atom is 0.335 e. The summed E-state index contributed by atoms with van der Waals surface area (Å²) in [5.41, 5.74) is 0.302. The van der Waals surface area contributed by atoms with E-state index in [9.17, 15) is 9.59 Å². The summed E-state index contributed by atoms with van der Waals surface area (Å²) in [4.78, 5) is 23.5. The molecule has 0 unspecified atom stereocenters.